The molecular weight excluding hydrogens is 232 g/mol. The molecule has 1 fully saturated rings. The lowest BCUT2D eigenvalue weighted by Gasteiger charge is -2.17. The van der Waals surface area contributed by atoms with Gasteiger partial charge in [-0.25, -0.2) is 0 Å². The van der Waals surface area contributed by atoms with Gasteiger partial charge in [0.05, 0.1) is 5.69 Å². The normalized spacial score (nSPS) is 24.3. The van der Waals surface area contributed by atoms with Crippen LogP contribution >= 0.6 is 11.8 Å². The number of hydrogen-bond donors (Lipinski definition) is 0. The molecule has 2 aliphatic heterocycles. The number of amidine groups is 1. The molecule has 1 aromatic carbocycles. The van der Waals surface area contributed by atoms with Crippen LogP contribution in [0.1, 0.15) is 23.7 Å². The summed E-state index contributed by atoms with van der Waals surface area (Å²) in [5.74, 6) is 1.07. The Morgan fingerprint density at radius 2 is 2.29 bits per heavy atom. The summed E-state index contributed by atoms with van der Waals surface area (Å²) in [5, 5.41) is 1.01. The number of benzene rings is 1. The Morgan fingerprint density at radius 1 is 1.47 bits per heavy atom. The highest BCUT2D eigenvalue weighted by Crippen LogP contribution is 2.40. The fraction of sp³-hybridized carbons (Fsp3) is 0.385. The largest absolute Gasteiger partial charge is 0.309 e. The number of Topliss-reactive ketones (excluding diaryl/α,β-unsaturated/α-hetero) is 1. The minimum absolute atomic E-state index is 0.0204. The van der Waals surface area contributed by atoms with Crippen molar-refractivity contribution in [3.63, 3.8) is 0 Å². The highest BCUT2D eigenvalue weighted by atomic mass is 32.2. The molecule has 1 unspecified atom stereocenters. The van der Waals surface area contributed by atoms with Gasteiger partial charge in [0.2, 0.25) is 0 Å². The van der Waals surface area contributed by atoms with Gasteiger partial charge in [0, 0.05) is 17.9 Å². The molecule has 0 saturated carbocycles. The van der Waals surface area contributed by atoms with E-state index in [4.69, 9.17) is 0 Å². The average molecular weight is 246 g/mol. The maximum absolute atomic E-state index is 12.2. The zero-order valence-electron chi connectivity index (χ0n) is 9.72. The fourth-order valence-corrected chi connectivity index (χ4v) is 3.45. The number of nitrogens with zero attached hydrogens (tertiary/aromatic N) is 2. The number of aliphatic imine (C=N–C) groups is 1. The summed E-state index contributed by atoms with van der Waals surface area (Å²) in [6.07, 6.45) is 1.04. The first-order valence-electron chi connectivity index (χ1n) is 5.92. The Balaban J connectivity index is 2.02. The molecule has 1 aromatic rings. The van der Waals surface area contributed by atoms with Gasteiger partial charge in [-0.3, -0.25) is 9.79 Å². The number of ketones is 1. The minimum Gasteiger partial charge on any atom is -0.309 e. The number of carbonyl (C=O) groups excluding carboxylic acids is 1. The van der Waals surface area contributed by atoms with Crippen LogP contribution in [0.4, 0.5) is 5.69 Å². The highest BCUT2D eigenvalue weighted by molar-refractivity contribution is 8.14. The second kappa shape index (κ2) is 4.18. The number of thioether (sulfide) groups is 1. The predicted octanol–water partition coefficient (Wildman–Crippen LogP) is 2.57. The first-order valence-corrected chi connectivity index (χ1v) is 6.91. The lowest BCUT2D eigenvalue weighted by molar-refractivity contribution is 0.0983. The van der Waals surface area contributed by atoms with Gasteiger partial charge in [0.25, 0.3) is 0 Å². The van der Waals surface area contributed by atoms with E-state index in [-0.39, 0.29) is 11.8 Å². The van der Waals surface area contributed by atoms with Gasteiger partial charge in [0.15, 0.2) is 11.0 Å². The van der Waals surface area contributed by atoms with E-state index < -0.39 is 0 Å². The van der Waals surface area contributed by atoms with Gasteiger partial charge >= 0.3 is 0 Å². The Bertz CT molecular complexity index is 498. The van der Waals surface area contributed by atoms with E-state index in [2.05, 4.69) is 16.8 Å². The van der Waals surface area contributed by atoms with Crippen LogP contribution in [0.15, 0.2) is 29.3 Å². The molecule has 0 amide bonds. The van der Waals surface area contributed by atoms with Crippen LogP contribution in [0.25, 0.3) is 0 Å². The molecule has 2 heterocycles. The molecule has 3 rings (SSSR count). The highest BCUT2D eigenvalue weighted by Gasteiger charge is 2.43. The molecule has 1 atom stereocenters. The summed E-state index contributed by atoms with van der Waals surface area (Å²) >= 11 is 1.70. The maximum atomic E-state index is 12.2. The van der Waals surface area contributed by atoms with E-state index in [1.165, 1.54) is 0 Å². The van der Waals surface area contributed by atoms with E-state index in [1.807, 2.05) is 24.3 Å². The van der Waals surface area contributed by atoms with Gasteiger partial charge in [-0.15, -0.1) is 0 Å². The van der Waals surface area contributed by atoms with Crippen molar-refractivity contribution in [2.24, 2.45) is 4.99 Å². The number of anilines is 1. The van der Waals surface area contributed by atoms with Crippen LogP contribution < -0.4 is 4.90 Å². The van der Waals surface area contributed by atoms with Crippen molar-refractivity contribution in [2.75, 3.05) is 17.2 Å². The number of carbonyl (C=O) groups is 1. The number of rotatable bonds is 2. The molecule has 88 valence electrons. The molecule has 17 heavy (non-hydrogen) atoms. The van der Waals surface area contributed by atoms with Crippen molar-refractivity contribution in [3.8, 4) is 0 Å². The van der Waals surface area contributed by atoms with E-state index in [0.717, 1.165) is 35.1 Å². The molecule has 0 radical (unpaired) electrons. The van der Waals surface area contributed by atoms with Gasteiger partial charge in [-0.2, -0.15) is 0 Å². The van der Waals surface area contributed by atoms with Crippen LogP contribution in [-0.2, 0) is 0 Å². The van der Waals surface area contributed by atoms with Gasteiger partial charge < -0.3 is 4.90 Å². The van der Waals surface area contributed by atoms with Gasteiger partial charge in [0.1, 0.15) is 6.04 Å². The van der Waals surface area contributed by atoms with Crippen molar-refractivity contribution in [1.82, 2.24) is 0 Å². The van der Waals surface area contributed by atoms with Crippen LogP contribution in [0.3, 0.4) is 0 Å². The van der Waals surface area contributed by atoms with E-state index >= 15 is 0 Å². The second-order valence-corrected chi connectivity index (χ2v) is 5.23. The fourth-order valence-electron chi connectivity index (χ4n) is 2.30. The monoisotopic (exact) mass is 246 g/mol. The molecule has 3 nitrogen and oxygen atoms in total. The number of para-hydroxylation sites is 1. The second-order valence-electron chi connectivity index (χ2n) is 4.24. The summed E-state index contributed by atoms with van der Waals surface area (Å²) in [5.41, 5.74) is 1.88. The number of hydrogen-bond acceptors (Lipinski definition) is 3. The summed E-state index contributed by atoms with van der Waals surface area (Å²) in [4.78, 5) is 18.9. The molecule has 0 N–H and O–H groups in total. The van der Waals surface area contributed by atoms with E-state index in [9.17, 15) is 4.79 Å². The third-order valence-electron chi connectivity index (χ3n) is 3.09. The van der Waals surface area contributed by atoms with E-state index in [0.29, 0.717) is 0 Å². The van der Waals surface area contributed by atoms with Crippen LogP contribution in [0.2, 0.25) is 0 Å². The van der Waals surface area contributed by atoms with Crippen molar-refractivity contribution < 1.29 is 4.79 Å². The van der Waals surface area contributed by atoms with Gasteiger partial charge in [-0.1, -0.05) is 30.8 Å². The topological polar surface area (TPSA) is 32.7 Å². The van der Waals surface area contributed by atoms with E-state index in [1.54, 1.807) is 11.8 Å². The lowest BCUT2D eigenvalue weighted by Crippen LogP contribution is -2.33. The van der Waals surface area contributed by atoms with Crippen LogP contribution in [-0.4, -0.2) is 29.3 Å². The van der Waals surface area contributed by atoms with Crippen LogP contribution in [0, 0.1) is 0 Å². The molecule has 4 heteroatoms. The summed E-state index contributed by atoms with van der Waals surface area (Å²) in [6, 6.07) is 7.82. The zero-order valence-corrected chi connectivity index (χ0v) is 10.5. The molecule has 0 spiro atoms. The summed E-state index contributed by atoms with van der Waals surface area (Å²) in [7, 11) is 0. The predicted molar refractivity (Wildman–Crippen MR) is 72.1 cm³/mol. The lowest BCUT2D eigenvalue weighted by atomic mass is 10.1. The summed E-state index contributed by atoms with van der Waals surface area (Å²) in [6.45, 7) is 2.95. The Labute approximate surface area is 105 Å². The van der Waals surface area contributed by atoms with Crippen LogP contribution in [0.5, 0.6) is 0 Å². The zero-order chi connectivity index (χ0) is 11.8. The first-order chi connectivity index (χ1) is 8.33. The van der Waals surface area contributed by atoms with Crippen molar-refractivity contribution in [1.29, 1.82) is 0 Å². The van der Waals surface area contributed by atoms with Crippen molar-refractivity contribution in [3.05, 3.63) is 29.8 Å². The smallest absolute Gasteiger partial charge is 0.188 e. The summed E-state index contributed by atoms with van der Waals surface area (Å²) < 4.78 is 0. The Hall–Kier alpha value is -1.29. The third-order valence-corrected chi connectivity index (χ3v) is 4.16. The molecule has 0 aromatic heterocycles. The minimum atomic E-state index is -0.0204. The third kappa shape index (κ3) is 1.59. The van der Waals surface area contributed by atoms with Crippen molar-refractivity contribution >= 4 is 28.4 Å². The average Bonchev–Trinajstić information content (AvgIpc) is 2.89. The molecule has 0 bridgehead atoms. The standard InChI is InChI=1S/C13H14N2OS/c1-2-7-14-13-15-10-6-4-3-5-9(10)12(16)11(15)8-17-13/h3-6,11H,2,7-8H2,1H3/b14-13-. The molecule has 1 saturated heterocycles. The maximum Gasteiger partial charge on any atom is 0.188 e. The molecular formula is C13H14N2OS. The Kier molecular flexibility index (Phi) is 2.67. The Morgan fingerprint density at radius 3 is 3.12 bits per heavy atom. The van der Waals surface area contributed by atoms with Crippen molar-refractivity contribution in [2.45, 2.75) is 19.4 Å². The SMILES string of the molecule is CCC/N=C1\SCC2C(=O)c3ccccc3N12. The van der Waals surface area contributed by atoms with Gasteiger partial charge in [-0.05, 0) is 18.6 Å². The first kappa shape index (κ1) is 10.8. The quantitative estimate of drug-likeness (QED) is 0.804. The molecule has 2 aliphatic rings. The number of fused-ring (bicyclic) bond motifs is 3. The molecule has 0 aliphatic carbocycles.